The normalized spacial score (nSPS) is 11.6. The molecule has 0 bridgehead atoms. The first-order valence-electron chi connectivity index (χ1n) is 5.31. The second-order valence-corrected chi connectivity index (χ2v) is 4.06. The van der Waals surface area contributed by atoms with E-state index in [0.717, 1.165) is 6.42 Å². The molecule has 0 aromatic heterocycles. The van der Waals surface area contributed by atoms with Crippen molar-refractivity contribution in [3.63, 3.8) is 0 Å². The van der Waals surface area contributed by atoms with Gasteiger partial charge in [0.25, 0.3) is 5.91 Å². The largest absolute Gasteiger partial charge is 0.508 e. The fourth-order valence-corrected chi connectivity index (χ4v) is 1.59. The summed E-state index contributed by atoms with van der Waals surface area (Å²) in [5.74, 6) is 2.18. The minimum absolute atomic E-state index is 0.00421. The van der Waals surface area contributed by atoms with Crippen molar-refractivity contribution in [1.29, 1.82) is 0 Å². The van der Waals surface area contributed by atoms with Gasteiger partial charge in [0, 0.05) is 12.5 Å². The van der Waals surface area contributed by atoms with Gasteiger partial charge in [-0.3, -0.25) is 4.79 Å². The fourth-order valence-electron chi connectivity index (χ4n) is 1.39. The predicted molar refractivity (Wildman–Crippen MR) is 68.1 cm³/mol. The summed E-state index contributed by atoms with van der Waals surface area (Å²) in [6.45, 7) is 1.94. The Kier molecular flexibility index (Phi) is 4.86. The molecule has 1 amide bonds. The van der Waals surface area contributed by atoms with Gasteiger partial charge in [-0.1, -0.05) is 18.5 Å². The van der Waals surface area contributed by atoms with Crippen molar-refractivity contribution in [2.75, 3.05) is 0 Å². The van der Waals surface area contributed by atoms with Crippen LogP contribution in [0.1, 0.15) is 30.1 Å². The van der Waals surface area contributed by atoms with Crippen LogP contribution in [0.5, 0.6) is 5.75 Å². The number of phenols is 1. The van der Waals surface area contributed by atoms with Gasteiger partial charge in [0.2, 0.25) is 0 Å². The molecule has 0 fully saturated rings. The Morgan fingerprint density at radius 3 is 2.94 bits per heavy atom. The summed E-state index contributed by atoms with van der Waals surface area (Å²) in [4.78, 5) is 11.9. The van der Waals surface area contributed by atoms with Crippen LogP contribution < -0.4 is 5.32 Å². The van der Waals surface area contributed by atoms with E-state index in [9.17, 15) is 9.90 Å². The third-order valence-corrected chi connectivity index (χ3v) is 2.72. The summed E-state index contributed by atoms with van der Waals surface area (Å²) in [5, 5.41) is 12.4. The van der Waals surface area contributed by atoms with Crippen molar-refractivity contribution in [1.82, 2.24) is 5.32 Å². The molecule has 0 aliphatic rings. The minimum Gasteiger partial charge on any atom is -0.508 e. The second kappa shape index (κ2) is 6.17. The monoisotopic (exact) mass is 251 g/mol. The SMILES string of the molecule is C#CCC(CC)NC(=O)c1cc(O)ccc1Cl. The Labute approximate surface area is 106 Å². The van der Waals surface area contributed by atoms with Crippen molar-refractivity contribution < 1.29 is 9.90 Å². The van der Waals surface area contributed by atoms with Gasteiger partial charge in [-0.15, -0.1) is 12.3 Å². The highest BCUT2D eigenvalue weighted by Crippen LogP contribution is 2.21. The molecule has 0 saturated carbocycles. The predicted octanol–water partition coefficient (Wildman–Crippen LogP) is 2.58. The maximum Gasteiger partial charge on any atom is 0.253 e. The lowest BCUT2D eigenvalue weighted by atomic mass is 10.1. The standard InChI is InChI=1S/C13H14ClNO2/c1-3-5-9(4-2)15-13(17)11-8-10(16)6-7-12(11)14/h1,6-9,16H,4-5H2,2H3,(H,15,17). The first-order valence-corrected chi connectivity index (χ1v) is 5.69. The van der Waals surface area contributed by atoms with E-state index in [4.69, 9.17) is 18.0 Å². The highest BCUT2D eigenvalue weighted by Gasteiger charge is 2.14. The van der Waals surface area contributed by atoms with Crippen molar-refractivity contribution in [3.8, 4) is 18.1 Å². The minimum atomic E-state index is -0.326. The lowest BCUT2D eigenvalue weighted by Crippen LogP contribution is -2.34. The molecule has 1 aromatic carbocycles. The number of benzene rings is 1. The number of phenolic OH excluding ortho intramolecular Hbond substituents is 1. The van der Waals surface area contributed by atoms with E-state index in [1.165, 1.54) is 18.2 Å². The quantitative estimate of drug-likeness (QED) is 0.808. The second-order valence-electron chi connectivity index (χ2n) is 3.65. The number of amides is 1. The van der Waals surface area contributed by atoms with Gasteiger partial charge in [0.05, 0.1) is 10.6 Å². The van der Waals surface area contributed by atoms with Gasteiger partial charge in [0.15, 0.2) is 0 Å². The summed E-state index contributed by atoms with van der Waals surface area (Å²) < 4.78 is 0. The molecule has 0 radical (unpaired) electrons. The molecule has 0 spiro atoms. The number of hydrogen-bond acceptors (Lipinski definition) is 2. The van der Waals surface area contributed by atoms with Crippen molar-refractivity contribution in [2.45, 2.75) is 25.8 Å². The number of carbonyl (C=O) groups excluding carboxylic acids is 1. The van der Waals surface area contributed by atoms with E-state index in [1.54, 1.807) is 0 Å². The third-order valence-electron chi connectivity index (χ3n) is 2.39. The van der Waals surface area contributed by atoms with Gasteiger partial charge in [0.1, 0.15) is 5.75 Å². The zero-order valence-corrected chi connectivity index (χ0v) is 10.3. The molecule has 90 valence electrons. The van der Waals surface area contributed by atoms with Crippen LogP contribution >= 0.6 is 11.6 Å². The zero-order chi connectivity index (χ0) is 12.8. The summed E-state index contributed by atoms with van der Waals surface area (Å²) in [6, 6.07) is 4.16. The van der Waals surface area contributed by atoms with E-state index in [-0.39, 0.29) is 23.3 Å². The third kappa shape index (κ3) is 3.69. The van der Waals surface area contributed by atoms with E-state index in [1.807, 2.05) is 6.92 Å². The van der Waals surface area contributed by atoms with Crippen LogP contribution in [0.2, 0.25) is 5.02 Å². The van der Waals surface area contributed by atoms with Crippen LogP contribution in [0.3, 0.4) is 0 Å². The molecule has 0 saturated heterocycles. The van der Waals surface area contributed by atoms with Crippen LogP contribution in [-0.4, -0.2) is 17.1 Å². The number of halogens is 1. The molecule has 0 aliphatic carbocycles. The summed E-state index contributed by atoms with van der Waals surface area (Å²) >= 11 is 5.88. The summed E-state index contributed by atoms with van der Waals surface area (Å²) in [6.07, 6.45) is 6.42. The molecular formula is C13H14ClNO2. The van der Waals surface area contributed by atoms with Crippen molar-refractivity contribution in [2.24, 2.45) is 0 Å². The Morgan fingerprint density at radius 2 is 2.35 bits per heavy atom. The number of hydrogen-bond donors (Lipinski definition) is 2. The van der Waals surface area contributed by atoms with Crippen molar-refractivity contribution in [3.05, 3.63) is 28.8 Å². The molecular weight excluding hydrogens is 238 g/mol. The molecule has 0 aliphatic heterocycles. The van der Waals surface area contributed by atoms with Gasteiger partial charge >= 0.3 is 0 Å². The number of aromatic hydroxyl groups is 1. The molecule has 17 heavy (non-hydrogen) atoms. The van der Waals surface area contributed by atoms with Gasteiger partial charge in [-0.05, 0) is 24.6 Å². The smallest absolute Gasteiger partial charge is 0.253 e. The lowest BCUT2D eigenvalue weighted by Gasteiger charge is -2.14. The van der Waals surface area contributed by atoms with Crippen molar-refractivity contribution >= 4 is 17.5 Å². The average Bonchev–Trinajstić information content (AvgIpc) is 2.31. The number of rotatable bonds is 4. The highest BCUT2D eigenvalue weighted by molar-refractivity contribution is 6.33. The van der Waals surface area contributed by atoms with Crippen LogP contribution in [0, 0.1) is 12.3 Å². The van der Waals surface area contributed by atoms with Crippen LogP contribution in [0.4, 0.5) is 0 Å². The highest BCUT2D eigenvalue weighted by atomic mass is 35.5. The molecule has 1 unspecified atom stereocenters. The topological polar surface area (TPSA) is 49.3 Å². The Bertz CT molecular complexity index is 451. The maximum atomic E-state index is 11.9. The van der Waals surface area contributed by atoms with Crippen LogP contribution in [-0.2, 0) is 0 Å². The van der Waals surface area contributed by atoms with Crippen LogP contribution in [0.25, 0.3) is 0 Å². The van der Waals surface area contributed by atoms with E-state index < -0.39 is 0 Å². The molecule has 3 nitrogen and oxygen atoms in total. The maximum absolute atomic E-state index is 11.9. The molecule has 1 atom stereocenters. The summed E-state index contributed by atoms with van der Waals surface area (Å²) in [7, 11) is 0. The molecule has 4 heteroatoms. The van der Waals surface area contributed by atoms with E-state index >= 15 is 0 Å². The average molecular weight is 252 g/mol. The number of nitrogens with one attached hydrogen (secondary N) is 1. The van der Waals surface area contributed by atoms with Gasteiger partial charge in [-0.25, -0.2) is 0 Å². The van der Waals surface area contributed by atoms with Gasteiger partial charge in [-0.2, -0.15) is 0 Å². The molecule has 0 heterocycles. The molecule has 1 aromatic rings. The lowest BCUT2D eigenvalue weighted by molar-refractivity contribution is 0.0936. The molecule has 2 N–H and O–H groups in total. The summed E-state index contributed by atoms with van der Waals surface area (Å²) in [5.41, 5.74) is 0.252. The van der Waals surface area contributed by atoms with E-state index in [2.05, 4.69) is 11.2 Å². The van der Waals surface area contributed by atoms with Crippen LogP contribution in [0.15, 0.2) is 18.2 Å². The zero-order valence-electron chi connectivity index (χ0n) is 9.53. The first kappa shape index (κ1) is 13.4. The van der Waals surface area contributed by atoms with E-state index in [0.29, 0.717) is 11.4 Å². The first-order chi connectivity index (χ1) is 8.08. The molecule has 1 rings (SSSR count). The Hall–Kier alpha value is -1.66. The number of terminal acetylenes is 1. The van der Waals surface area contributed by atoms with Gasteiger partial charge < -0.3 is 10.4 Å². The number of carbonyl (C=O) groups is 1. The Balaban J connectivity index is 2.82. The Morgan fingerprint density at radius 1 is 1.65 bits per heavy atom. The fraction of sp³-hybridized carbons (Fsp3) is 0.308.